The van der Waals surface area contributed by atoms with E-state index in [1.807, 2.05) is 42.9 Å². The first kappa shape index (κ1) is 14.2. The molecule has 2 rings (SSSR count). The maximum atomic E-state index is 8.67. The molecule has 1 aromatic heterocycles. The van der Waals surface area contributed by atoms with E-state index >= 15 is 0 Å². The molecule has 1 aromatic carbocycles. The number of aryl methyl sites for hydroxylation is 2. The minimum Gasteiger partial charge on any atom is -0.493 e. The lowest BCUT2D eigenvalue weighted by Gasteiger charge is -2.09. The Morgan fingerprint density at radius 3 is 2.90 bits per heavy atom. The molecule has 0 aliphatic rings. The van der Waals surface area contributed by atoms with Crippen molar-refractivity contribution >= 4 is 0 Å². The summed E-state index contributed by atoms with van der Waals surface area (Å²) in [6.07, 6.45) is 4.49. The molecule has 0 bridgehead atoms. The van der Waals surface area contributed by atoms with Crippen LogP contribution in [-0.4, -0.2) is 27.9 Å². The Labute approximate surface area is 119 Å². The topological polar surface area (TPSA) is 47.3 Å². The van der Waals surface area contributed by atoms with Gasteiger partial charge in [-0.2, -0.15) is 0 Å². The Kier molecular flexibility index (Phi) is 4.80. The summed E-state index contributed by atoms with van der Waals surface area (Å²) in [6.45, 7) is 2.45. The van der Waals surface area contributed by atoms with E-state index in [1.54, 1.807) is 6.20 Å². The molecule has 0 unspecified atom stereocenters. The van der Waals surface area contributed by atoms with E-state index in [2.05, 4.69) is 16.8 Å². The van der Waals surface area contributed by atoms with Gasteiger partial charge in [0.2, 0.25) is 0 Å². The molecule has 0 spiro atoms. The Balaban J connectivity index is 1.95. The average Bonchev–Trinajstić information content (AvgIpc) is 2.84. The predicted molar refractivity (Wildman–Crippen MR) is 77.5 cm³/mol. The van der Waals surface area contributed by atoms with Crippen LogP contribution in [0.25, 0.3) is 0 Å². The van der Waals surface area contributed by atoms with Crippen LogP contribution in [-0.2, 0) is 13.5 Å². The monoisotopic (exact) mass is 270 g/mol. The second-order valence-electron chi connectivity index (χ2n) is 4.49. The summed E-state index contributed by atoms with van der Waals surface area (Å²) in [5.74, 6) is 7.38. The van der Waals surface area contributed by atoms with E-state index in [-0.39, 0.29) is 6.61 Å². The number of hydrogen-bond acceptors (Lipinski definition) is 3. The molecule has 1 heterocycles. The lowest BCUT2D eigenvalue weighted by molar-refractivity contribution is 0.315. The number of benzene rings is 1. The summed E-state index contributed by atoms with van der Waals surface area (Å²) in [5, 5.41) is 8.67. The summed E-state index contributed by atoms with van der Waals surface area (Å²) in [5.41, 5.74) is 1.92. The highest BCUT2D eigenvalue weighted by molar-refractivity contribution is 5.43. The van der Waals surface area contributed by atoms with Gasteiger partial charge in [0.15, 0.2) is 0 Å². The number of imidazole rings is 1. The molecule has 0 saturated carbocycles. The fourth-order valence-electron chi connectivity index (χ4n) is 1.92. The Morgan fingerprint density at radius 2 is 2.25 bits per heavy atom. The third-order valence-corrected chi connectivity index (χ3v) is 2.99. The fourth-order valence-corrected chi connectivity index (χ4v) is 1.92. The zero-order valence-electron chi connectivity index (χ0n) is 11.8. The molecule has 0 fully saturated rings. The number of hydrogen-bond donors (Lipinski definition) is 1. The molecule has 0 saturated heterocycles. The first-order valence-corrected chi connectivity index (χ1v) is 6.50. The molecular weight excluding hydrogens is 252 g/mol. The van der Waals surface area contributed by atoms with Crippen LogP contribution in [0.5, 0.6) is 5.75 Å². The van der Waals surface area contributed by atoms with Gasteiger partial charge in [-0.1, -0.05) is 11.8 Å². The number of ether oxygens (including phenoxy) is 1. The zero-order chi connectivity index (χ0) is 14.4. The number of rotatable bonds is 4. The second kappa shape index (κ2) is 6.78. The molecule has 0 amide bonds. The summed E-state index contributed by atoms with van der Waals surface area (Å²) in [4.78, 5) is 4.26. The van der Waals surface area contributed by atoms with Crippen LogP contribution in [0, 0.1) is 18.8 Å². The summed E-state index contributed by atoms with van der Waals surface area (Å²) in [7, 11) is 1.97. The van der Waals surface area contributed by atoms with Gasteiger partial charge in [0.05, 0.1) is 6.61 Å². The van der Waals surface area contributed by atoms with E-state index in [0.29, 0.717) is 6.61 Å². The van der Waals surface area contributed by atoms with Gasteiger partial charge in [-0.25, -0.2) is 4.98 Å². The number of aliphatic hydroxyl groups is 1. The van der Waals surface area contributed by atoms with Crippen molar-refractivity contribution in [2.24, 2.45) is 7.05 Å². The van der Waals surface area contributed by atoms with Gasteiger partial charge in [-0.15, -0.1) is 0 Å². The summed E-state index contributed by atoms with van der Waals surface area (Å²) >= 11 is 0. The Hall–Kier alpha value is -2.25. The van der Waals surface area contributed by atoms with Gasteiger partial charge in [0.25, 0.3) is 0 Å². The van der Waals surface area contributed by atoms with Crippen LogP contribution < -0.4 is 4.74 Å². The lowest BCUT2D eigenvalue weighted by Crippen LogP contribution is -2.06. The van der Waals surface area contributed by atoms with Crippen molar-refractivity contribution in [3.05, 3.63) is 47.5 Å². The molecular formula is C16H18N2O2. The third kappa shape index (κ3) is 3.62. The highest BCUT2D eigenvalue weighted by Crippen LogP contribution is 2.19. The quantitative estimate of drug-likeness (QED) is 0.860. The van der Waals surface area contributed by atoms with Crippen molar-refractivity contribution < 1.29 is 9.84 Å². The van der Waals surface area contributed by atoms with Crippen LogP contribution >= 0.6 is 0 Å². The van der Waals surface area contributed by atoms with Gasteiger partial charge >= 0.3 is 0 Å². The van der Waals surface area contributed by atoms with Crippen molar-refractivity contribution in [1.29, 1.82) is 0 Å². The molecule has 20 heavy (non-hydrogen) atoms. The largest absolute Gasteiger partial charge is 0.493 e. The normalized spacial score (nSPS) is 9.95. The molecule has 0 atom stereocenters. The summed E-state index contributed by atoms with van der Waals surface area (Å²) < 4.78 is 7.76. The molecule has 0 radical (unpaired) electrons. The molecule has 1 N–H and O–H groups in total. The molecule has 0 aliphatic carbocycles. The summed E-state index contributed by atoms with van der Waals surface area (Å²) in [6, 6.07) is 5.76. The smallest absolute Gasteiger partial charge is 0.122 e. The average molecular weight is 270 g/mol. The van der Waals surface area contributed by atoms with Crippen molar-refractivity contribution in [1.82, 2.24) is 9.55 Å². The van der Waals surface area contributed by atoms with Crippen molar-refractivity contribution in [3.8, 4) is 17.6 Å². The highest BCUT2D eigenvalue weighted by Gasteiger charge is 2.03. The lowest BCUT2D eigenvalue weighted by atomic mass is 10.1. The number of nitrogens with zero attached hydrogens (tertiary/aromatic N) is 2. The maximum absolute atomic E-state index is 8.67. The zero-order valence-corrected chi connectivity index (χ0v) is 11.8. The molecule has 4 nitrogen and oxygen atoms in total. The number of aliphatic hydroxyl groups excluding tert-OH is 1. The van der Waals surface area contributed by atoms with Crippen LogP contribution in [0.4, 0.5) is 0 Å². The van der Waals surface area contributed by atoms with Crippen molar-refractivity contribution in [2.75, 3.05) is 13.2 Å². The molecule has 0 aliphatic heterocycles. The van der Waals surface area contributed by atoms with Gasteiger partial charge in [0.1, 0.15) is 18.2 Å². The van der Waals surface area contributed by atoms with Crippen molar-refractivity contribution in [2.45, 2.75) is 13.3 Å². The second-order valence-corrected chi connectivity index (χ2v) is 4.49. The Bertz CT molecular complexity index is 635. The molecule has 2 aromatic rings. The fraction of sp³-hybridized carbons (Fsp3) is 0.312. The molecule has 104 valence electrons. The first-order valence-electron chi connectivity index (χ1n) is 6.50. The molecule has 4 heteroatoms. The van der Waals surface area contributed by atoms with Gasteiger partial charge in [-0.05, 0) is 30.7 Å². The number of aromatic nitrogens is 2. The minimum atomic E-state index is -0.124. The first-order chi connectivity index (χ1) is 9.70. The minimum absolute atomic E-state index is 0.124. The van der Waals surface area contributed by atoms with Gasteiger partial charge in [-0.3, -0.25) is 0 Å². The third-order valence-electron chi connectivity index (χ3n) is 2.99. The van der Waals surface area contributed by atoms with E-state index in [0.717, 1.165) is 29.1 Å². The van der Waals surface area contributed by atoms with Gasteiger partial charge < -0.3 is 14.4 Å². The van der Waals surface area contributed by atoms with E-state index in [9.17, 15) is 0 Å². The predicted octanol–water partition coefficient (Wildman–Crippen LogP) is 1.69. The van der Waals surface area contributed by atoms with Crippen LogP contribution in [0.15, 0.2) is 30.6 Å². The van der Waals surface area contributed by atoms with Crippen LogP contribution in [0.1, 0.15) is 17.0 Å². The van der Waals surface area contributed by atoms with Crippen molar-refractivity contribution in [3.63, 3.8) is 0 Å². The Morgan fingerprint density at radius 1 is 1.40 bits per heavy atom. The van der Waals surface area contributed by atoms with Gasteiger partial charge in [0, 0.05) is 31.4 Å². The maximum Gasteiger partial charge on any atom is 0.122 e. The standard InChI is InChI=1S/C16H18N2O2/c1-13-12-14(4-3-10-19)5-6-15(13)20-11-7-16-17-8-9-18(16)2/h5-6,8-9,12,19H,7,10-11H2,1-2H3. The van der Waals surface area contributed by atoms with E-state index in [4.69, 9.17) is 9.84 Å². The van der Waals surface area contributed by atoms with Crippen LogP contribution in [0.2, 0.25) is 0 Å². The van der Waals surface area contributed by atoms with E-state index in [1.165, 1.54) is 0 Å². The van der Waals surface area contributed by atoms with E-state index < -0.39 is 0 Å². The van der Waals surface area contributed by atoms with Crippen LogP contribution in [0.3, 0.4) is 0 Å². The highest BCUT2D eigenvalue weighted by atomic mass is 16.5. The SMILES string of the molecule is Cc1cc(C#CCO)ccc1OCCc1nccn1C.